The van der Waals surface area contributed by atoms with Gasteiger partial charge in [-0.05, 0) is 38.8 Å². The van der Waals surface area contributed by atoms with Crippen LogP contribution in [0, 0.1) is 0 Å². The van der Waals surface area contributed by atoms with Crippen molar-refractivity contribution in [1.82, 2.24) is 14.9 Å². The number of carbonyl (C=O) groups excluding carboxylic acids is 1. The second kappa shape index (κ2) is 9.93. The summed E-state index contributed by atoms with van der Waals surface area (Å²) in [5, 5.41) is 13.3. The third-order valence-electron chi connectivity index (χ3n) is 5.78. The van der Waals surface area contributed by atoms with E-state index in [9.17, 15) is 14.7 Å². The number of carboxylic acids is 1. The summed E-state index contributed by atoms with van der Waals surface area (Å²) in [5.74, 6) is 0.389. The van der Waals surface area contributed by atoms with Crippen LogP contribution in [0.2, 0.25) is 0 Å². The van der Waals surface area contributed by atoms with Gasteiger partial charge in [0.15, 0.2) is 0 Å². The van der Waals surface area contributed by atoms with E-state index in [1.54, 1.807) is 27.9 Å². The molecule has 2 unspecified atom stereocenters. The van der Waals surface area contributed by atoms with Crippen molar-refractivity contribution in [2.45, 2.75) is 64.7 Å². The first-order chi connectivity index (χ1) is 16.9. The van der Waals surface area contributed by atoms with Crippen LogP contribution in [-0.4, -0.2) is 63.4 Å². The number of methoxy groups -OCH3 is 1. The highest BCUT2D eigenvalue weighted by atomic mass is 32.1. The van der Waals surface area contributed by atoms with Crippen LogP contribution in [0.15, 0.2) is 29.6 Å². The summed E-state index contributed by atoms with van der Waals surface area (Å²) in [6, 6.07) is 6.29. The molecular weight excluding hydrogens is 482 g/mol. The van der Waals surface area contributed by atoms with Crippen LogP contribution >= 0.6 is 11.3 Å². The van der Waals surface area contributed by atoms with E-state index < -0.39 is 29.8 Å². The molecule has 3 heterocycles. The summed E-state index contributed by atoms with van der Waals surface area (Å²) < 4.78 is 17.2. The zero-order valence-corrected chi connectivity index (χ0v) is 22.1. The normalized spacial score (nSPS) is 18.0. The minimum absolute atomic E-state index is 0.0932. The van der Waals surface area contributed by atoms with E-state index in [0.717, 1.165) is 16.1 Å². The summed E-state index contributed by atoms with van der Waals surface area (Å²) in [6.45, 7) is 9.49. The Morgan fingerprint density at radius 1 is 1.19 bits per heavy atom. The number of fused-ring (bicyclic) bond motifs is 1. The lowest BCUT2D eigenvalue weighted by atomic mass is 10.1. The topological polar surface area (TPSA) is 111 Å². The molecule has 2 aromatic heterocycles. The second-order valence-electron chi connectivity index (χ2n) is 10.1. The lowest BCUT2D eigenvalue weighted by Crippen LogP contribution is -2.43. The molecule has 1 saturated heterocycles. The SMILES string of the molecule is COc1ccc2c(OC3CC(C(=O)O)N(C(=O)OC(C)(C)C)C3)cc(-c3nc(C(C)C)cs3)nc2c1. The third-order valence-corrected chi connectivity index (χ3v) is 6.66. The first kappa shape index (κ1) is 25.7. The average Bonchev–Trinajstić information content (AvgIpc) is 3.45. The number of aliphatic carboxylic acids is 1. The van der Waals surface area contributed by atoms with Crippen LogP contribution in [0.25, 0.3) is 21.6 Å². The number of carboxylic acid groups (broad SMARTS) is 1. The van der Waals surface area contributed by atoms with Crippen LogP contribution in [0.4, 0.5) is 4.79 Å². The molecule has 0 aliphatic carbocycles. The van der Waals surface area contributed by atoms with E-state index in [2.05, 4.69) is 13.8 Å². The van der Waals surface area contributed by atoms with Crippen LogP contribution in [0.1, 0.15) is 52.7 Å². The molecule has 1 aliphatic rings. The highest BCUT2D eigenvalue weighted by Crippen LogP contribution is 2.36. The molecule has 36 heavy (non-hydrogen) atoms. The first-order valence-corrected chi connectivity index (χ1v) is 12.7. The minimum atomic E-state index is -1.10. The van der Waals surface area contributed by atoms with Crippen molar-refractivity contribution in [3.63, 3.8) is 0 Å². The number of amides is 1. The Labute approximate surface area is 214 Å². The van der Waals surface area contributed by atoms with Crippen molar-refractivity contribution >= 4 is 34.3 Å². The lowest BCUT2D eigenvalue weighted by molar-refractivity contribution is -0.142. The van der Waals surface area contributed by atoms with Gasteiger partial charge in [-0.1, -0.05) is 13.8 Å². The maximum absolute atomic E-state index is 12.7. The second-order valence-corrected chi connectivity index (χ2v) is 10.9. The molecule has 192 valence electrons. The van der Waals surface area contributed by atoms with Gasteiger partial charge in [0.1, 0.15) is 39.9 Å². The zero-order chi connectivity index (χ0) is 26.2. The predicted octanol–water partition coefficient (Wildman–Crippen LogP) is 5.33. The lowest BCUT2D eigenvalue weighted by Gasteiger charge is -2.26. The van der Waals surface area contributed by atoms with E-state index in [-0.39, 0.29) is 18.9 Å². The van der Waals surface area contributed by atoms with E-state index in [4.69, 9.17) is 24.2 Å². The monoisotopic (exact) mass is 513 g/mol. The van der Waals surface area contributed by atoms with E-state index in [1.165, 1.54) is 16.2 Å². The largest absolute Gasteiger partial charge is 0.497 e. The van der Waals surface area contributed by atoms with Gasteiger partial charge in [0.05, 0.1) is 24.9 Å². The van der Waals surface area contributed by atoms with Gasteiger partial charge in [-0.25, -0.2) is 19.6 Å². The van der Waals surface area contributed by atoms with Gasteiger partial charge in [-0.3, -0.25) is 4.90 Å². The fourth-order valence-corrected chi connectivity index (χ4v) is 4.94. The van der Waals surface area contributed by atoms with Crippen molar-refractivity contribution in [3.05, 3.63) is 35.3 Å². The van der Waals surface area contributed by atoms with Crippen molar-refractivity contribution in [2.24, 2.45) is 0 Å². The Morgan fingerprint density at radius 2 is 1.94 bits per heavy atom. The number of ether oxygens (including phenoxy) is 3. The number of thiazole rings is 1. The highest BCUT2D eigenvalue weighted by molar-refractivity contribution is 7.13. The molecule has 0 spiro atoms. The predicted molar refractivity (Wildman–Crippen MR) is 137 cm³/mol. The molecule has 0 radical (unpaired) electrons. The van der Waals surface area contributed by atoms with Gasteiger partial charge >= 0.3 is 12.1 Å². The molecule has 1 N–H and O–H groups in total. The molecule has 0 saturated carbocycles. The molecule has 2 atom stereocenters. The highest BCUT2D eigenvalue weighted by Gasteiger charge is 2.43. The van der Waals surface area contributed by atoms with Crippen LogP contribution in [-0.2, 0) is 9.53 Å². The molecule has 0 bridgehead atoms. The van der Waals surface area contributed by atoms with Gasteiger partial charge in [-0.15, -0.1) is 11.3 Å². The van der Waals surface area contributed by atoms with Gasteiger partial charge in [0, 0.05) is 29.3 Å². The number of nitrogens with zero attached hydrogens (tertiary/aromatic N) is 3. The number of benzene rings is 1. The van der Waals surface area contributed by atoms with E-state index in [1.807, 2.05) is 29.6 Å². The standard InChI is InChI=1S/C26H31N3O6S/c1-14(2)20-13-36-23(28-20)19-11-22(17-8-7-15(33-6)9-18(17)27-19)34-16-10-21(24(30)31)29(12-16)25(32)35-26(3,4)5/h7-9,11,13-14,16,21H,10,12H2,1-6H3,(H,30,31). The molecular formula is C26H31N3O6S. The van der Waals surface area contributed by atoms with Crippen LogP contribution in [0.3, 0.4) is 0 Å². The fraction of sp³-hybridized carbons (Fsp3) is 0.462. The molecule has 1 amide bonds. The summed E-state index contributed by atoms with van der Waals surface area (Å²) >= 11 is 1.51. The maximum atomic E-state index is 12.7. The Morgan fingerprint density at radius 3 is 2.56 bits per heavy atom. The van der Waals surface area contributed by atoms with Crippen molar-refractivity contribution in [3.8, 4) is 22.2 Å². The van der Waals surface area contributed by atoms with Crippen LogP contribution in [0.5, 0.6) is 11.5 Å². The number of pyridine rings is 1. The number of rotatable bonds is 6. The van der Waals surface area contributed by atoms with Crippen molar-refractivity contribution in [2.75, 3.05) is 13.7 Å². The van der Waals surface area contributed by atoms with Gasteiger partial charge in [-0.2, -0.15) is 0 Å². The van der Waals surface area contributed by atoms with Crippen molar-refractivity contribution in [1.29, 1.82) is 0 Å². The summed E-state index contributed by atoms with van der Waals surface area (Å²) in [4.78, 5) is 35.4. The van der Waals surface area contributed by atoms with Crippen molar-refractivity contribution < 1.29 is 28.9 Å². The third kappa shape index (κ3) is 5.53. The molecule has 1 fully saturated rings. The molecule has 4 rings (SSSR count). The number of hydrogen-bond acceptors (Lipinski definition) is 8. The summed E-state index contributed by atoms with van der Waals surface area (Å²) in [7, 11) is 1.59. The fourth-order valence-electron chi connectivity index (χ4n) is 4.00. The molecule has 3 aromatic rings. The van der Waals surface area contributed by atoms with Gasteiger partial charge in [0.25, 0.3) is 0 Å². The molecule has 1 aromatic carbocycles. The Balaban J connectivity index is 1.69. The molecule has 9 nitrogen and oxygen atoms in total. The minimum Gasteiger partial charge on any atom is -0.497 e. The van der Waals surface area contributed by atoms with E-state index >= 15 is 0 Å². The quantitative estimate of drug-likeness (QED) is 0.471. The van der Waals surface area contributed by atoms with Gasteiger partial charge < -0.3 is 19.3 Å². The Kier molecular flexibility index (Phi) is 7.08. The number of hydrogen-bond donors (Lipinski definition) is 1. The first-order valence-electron chi connectivity index (χ1n) is 11.8. The van der Waals surface area contributed by atoms with Crippen LogP contribution < -0.4 is 9.47 Å². The smallest absolute Gasteiger partial charge is 0.411 e. The Hall–Kier alpha value is -3.40. The van der Waals surface area contributed by atoms with E-state index in [0.29, 0.717) is 22.7 Å². The zero-order valence-electron chi connectivity index (χ0n) is 21.3. The number of carbonyl (C=O) groups is 2. The Bertz CT molecular complexity index is 1280. The van der Waals surface area contributed by atoms with Gasteiger partial charge in [0.2, 0.25) is 0 Å². The number of likely N-dealkylation sites (tertiary alicyclic amines) is 1. The maximum Gasteiger partial charge on any atom is 0.411 e. The average molecular weight is 514 g/mol. The summed E-state index contributed by atoms with van der Waals surface area (Å²) in [6.07, 6.45) is -1.07. The summed E-state index contributed by atoms with van der Waals surface area (Å²) in [5.41, 5.74) is 1.56. The molecule has 10 heteroatoms. The number of aromatic nitrogens is 2. The molecule has 1 aliphatic heterocycles.